The van der Waals surface area contributed by atoms with Crippen LogP contribution in [-0.4, -0.2) is 34.7 Å². The Hall–Kier alpha value is -2.44. The molecule has 0 aromatic heterocycles. The van der Waals surface area contributed by atoms with E-state index < -0.39 is 0 Å². The summed E-state index contributed by atoms with van der Waals surface area (Å²) in [5.41, 5.74) is 1.49. The van der Waals surface area contributed by atoms with Crippen LogP contribution in [0.25, 0.3) is 6.08 Å². The maximum absolute atomic E-state index is 12.6. The van der Waals surface area contributed by atoms with E-state index in [4.69, 9.17) is 16.3 Å². The topological polar surface area (TPSA) is 62.1 Å². The molecule has 0 aliphatic carbocycles. The number of rotatable bonds is 4. The first-order valence-corrected chi connectivity index (χ1v) is 9.14. The maximum atomic E-state index is 12.6. The minimum absolute atomic E-state index is 0.0103. The highest BCUT2D eigenvalue weighted by Crippen LogP contribution is 2.35. The summed E-state index contributed by atoms with van der Waals surface area (Å²) in [6.07, 6.45) is 1.75. The van der Waals surface area contributed by atoms with Crippen LogP contribution >= 0.6 is 23.4 Å². The molecule has 1 aliphatic heterocycles. The Morgan fingerprint density at radius 1 is 1.27 bits per heavy atom. The van der Waals surface area contributed by atoms with Crippen LogP contribution in [0.3, 0.4) is 0 Å². The van der Waals surface area contributed by atoms with E-state index in [1.807, 2.05) is 31.2 Å². The van der Waals surface area contributed by atoms with Crippen molar-refractivity contribution < 1.29 is 14.6 Å². The number of thioether (sulfide) groups is 1. The molecule has 0 bridgehead atoms. The van der Waals surface area contributed by atoms with Crippen molar-refractivity contribution in [1.82, 2.24) is 4.90 Å². The first-order chi connectivity index (χ1) is 12.5. The highest BCUT2D eigenvalue weighted by atomic mass is 35.5. The zero-order valence-electron chi connectivity index (χ0n) is 14.3. The number of halogens is 1. The minimum atomic E-state index is -0.103. The fourth-order valence-corrected chi connectivity index (χ4v) is 3.65. The first-order valence-electron chi connectivity index (χ1n) is 7.94. The summed E-state index contributed by atoms with van der Waals surface area (Å²) < 4.78 is 5.14. The predicted octanol–water partition coefficient (Wildman–Crippen LogP) is 4.68. The Balaban J connectivity index is 1.90. The van der Waals surface area contributed by atoms with E-state index in [2.05, 4.69) is 4.99 Å². The van der Waals surface area contributed by atoms with Gasteiger partial charge in [0.1, 0.15) is 11.5 Å². The summed E-state index contributed by atoms with van der Waals surface area (Å²) in [5.74, 6) is 0.659. The van der Waals surface area contributed by atoms with Gasteiger partial charge in [-0.05, 0) is 66.7 Å². The van der Waals surface area contributed by atoms with E-state index in [9.17, 15) is 9.90 Å². The molecule has 1 N–H and O–H groups in total. The van der Waals surface area contributed by atoms with Gasteiger partial charge in [0.05, 0.1) is 22.7 Å². The molecule has 2 aromatic carbocycles. The highest BCUT2D eigenvalue weighted by molar-refractivity contribution is 8.18. The van der Waals surface area contributed by atoms with Crippen LogP contribution in [0.2, 0.25) is 5.02 Å². The van der Waals surface area contributed by atoms with Crippen molar-refractivity contribution >= 4 is 46.2 Å². The van der Waals surface area contributed by atoms with Crippen LogP contribution in [0.1, 0.15) is 12.5 Å². The molecule has 2 aromatic rings. The van der Waals surface area contributed by atoms with Crippen LogP contribution in [0.5, 0.6) is 11.5 Å². The third-order valence-corrected chi connectivity index (χ3v) is 5.08. The summed E-state index contributed by atoms with van der Waals surface area (Å²) in [5, 5.41) is 10.4. The maximum Gasteiger partial charge on any atom is 0.266 e. The number of likely N-dealkylation sites (N-methyl/N-ethyl adjacent to an activating group) is 1. The molecule has 1 amide bonds. The number of nitrogens with zero attached hydrogens (tertiary/aromatic N) is 2. The zero-order chi connectivity index (χ0) is 18.7. The number of hydrogen-bond donors (Lipinski definition) is 1. The molecule has 26 heavy (non-hydrogen) atoms. The minimum Gasteiger partial charge on any atom is -0.506 e. The molecule has 0 unspecified atom stereocenters. The average molecular weight is 389 g/mol. The van der Waals surface area contributed by atoms with Crippen molar-refractivity contribution in [3.05, 3.63) is 58.0 Å². The van der Waals surface area contributed by atoms with Gasteiger partial charge in [-0.25, -0.2) is 4.99 Å². The van der Waals surface area contributed by atoms with Gasteiger partial charge in [-0.2, -0.15) is 0 Å². The lowest BCUT2D eigenvalue weighted by atomic mass is 10.2. The van der Waals surface area contributed by atoms with E-state index in [0.717, 1.165) is 17.0 Å². The third kappa shape index (κ3) is 3.86. The van der Waals surface area contributed by atoms with Crippen molar-refractivity contribution in [2.75, 3.05) is 13.7 Å². The fourth-order valence-electron chi connectivity index (χ4n) is 2.40. The monoisotopic (exact) mass is 388 g/mol. The van der Waals surface area contributed by atoms with Gasteiger partial charge < -0.3 is 9.84 Å². The van der Waals surface area contributed by atoms with Gasteiger partial charge >= 0.3 is 0 Å². The number of phenolic OH excluding ortho intramolecular Hbond substituents is 1. The van der Waals surface area contributed by atoms with Crippen molar-refractivity contribution in [3.8, 4) is 11.5 Å². The molecule has 134 valence electrons. The lowest BCUT2D eigenvalue weighted by Gasteiger charge is -2.12. The van der Waals surface area contributed by atoms with Gasteiger partial charge in [0, 0.05) is 6.54 Å². The number of carbonyl (C=O) groups excluding carboxylic acids is 1. The normalized spacial score (nSPS) is 17.3. The van der Waals surface area contributed by atoms with Gasteiger partial charge in [-0.3, -0.25) is 9.69 Å². The molecule has 1 aliphatic rings. The summed E-state index contributed by atoms with van der Waals surface area (Å²) in [7, 11) is 1.61. The molecule has 1 heterocycles. The van der Waals surface area contributed by atoms with Crippen molar-refractivity contribution in [2.24, 2.45) is 4.99 Å². The van der Waals surface area contributed by atoms with Crippen LogP contribution in [-0.2, 0) is 4.79 Å². The molecule has 3 rings (SSSR count). The quantitative estimate of drug-likeness (QED) is 0.772. The lowest BCUT2D eigenvalue weighted by molar-refractivity contribution is -0.122. The number of methoxy groups -OCH3 is 1. The van der Waals surface area contributed by atoms with E-state index >= 15 is 0 Å². The Bertz CT molecular complexity index is 894. The Morgan fingerprint density at radius 3 is 2.62 bits per heavy atom. The summed E-state index contributed by atoms with van der Waals surface area (Å²) in [6, 6.07) is 12.2. The van der Waals surface area contributed by atoms with Gasteiger partial charge in [-0.15, -0.1) is 0 Å². The van der Waals surface area contributed by atoms with Crippen LogP contribution in [0.15, 0.2) is 52.4 Å². The molecule has 0 radical (unpaired) electrons. The zero-order valence-corrected chi connectivity index (χ0v) is 15.8. The lowest BCUT2D eigenvalue weighted by Crippen LogP contribution is -2.28. The Labute approximate surface area is 160 Å². The SMILES string of the molecule is CCN1C(=O)C(=Cc2ccc(O)c(Cl)c2)SC1=Nc1ccc(OC)cc1. The number of hydrogen-bond acceptors (Lipinski definition) is 5. The summed E-state index contributed by atoms with van der Waals surface area (Å²) in [6.45, 7) is 2.43. The Kier molecular flexibility index (Phi) is 5.54. The van der Waals surface area contributed by atoms with Crippen LogP contribution < -0.4 is 4.74 Å². The second-order valence-electron chi connectivity index (χ2n) is 5.46. The molecular formula is C19H17ClN2O3S. The van der Waals surface area contributed by atoms with E-state index in [-0.39, 0.29) is 16.7 Å². The smallest absolute Gasteiger partial charge is 0.266 e. The van der Waals surface area contributed by atoms with Crippen molar-refractivity contribution in [3.63, 3.8) is 0 Å². The second kappa shape index (κ2) is 7.85. The van der Waals surface area contributed by atoms with E-state index in [1.165, 1.54) is 17.8 Å². The molecule has 0 atom stereocenters. The Morgan fingerprint density at radius 2 is 2.00 bits per heavy atom. The molecular weight excluding hydrogens is 372 g/mol. The molecule has 1 fully saturated rings. The van der Waals surface area contributed by atoms with Gasteiger partial charge in [0.2, 0.25) is 0 Å². The van der Waals surface area contributed by atoms with Crippen molar-refractivity contribution in [1.29, 1.82) is 0 Å². The molecule has 0 saturated carbocycles. The van der Waals surface area contributed by atoms with Crippen molar-refractivity contribution in [2.45, 2.75) is 6.92 Å². The number of amides is 1. The van der Waals surface area contributed by atoms with Gasteiger partial charge in [0.25, 0.3) is 5.91 Å². The average Bonchev–Trinajstić information content (AvgIpc) is 2.93. The first kappa shape index (κ1) is 18.4. The number of amidine groups is 1. The standard InChI is InChI=1S/C19H17ClN2O3S/c1-3-22-18(24)17(11-12-4-9-16(23)15(20)10-12)26-19(22)21-13-5-7-14(25-2)8-6-13/h4-11,23H,3H2,1-2H3. The number of aromatic hydroxyl groups is 1. The summed E-state index contributed by atoms with van der Waals surface area (Å²) in [4.78, 5) is 19.4. The third-order valence-electron chi connectivity index (χ3n) is 3.77. The predicted molar refractivity (Wildman–Crippen MR) is 106 cm³/mol. The van der Waals surface area contributed by atoms with Gasteiger partial charge in [0.15, 0.2) is 5.17 Å². The van der Waals surface area contributed by atoms with Gasteiger partial charge in [-0.1, -0.05) is 17.7 Å². The van der Waals surface area contributed by atoms with E-state index in [0.29, 0.717) is 16.6 Å². The fraction of sp³-hybridized carbons (Fsp3) is 0.158. The van der Waals surface area contributed by atoms with E-state index in [1.54, 1.807) is 30.2 Å². The number of ether oxygens (including phenoxy) is 1. The molecule has 7 heteroatoms. The van der Waals surface area contributed by atoms with Crippen LogP contribution in [0.4, 0.5) is 5.69 Å². The number of carbonyl (C=O) groups is 1. The second-order valence-corrected chi connectivity index (χ2v) is 6.88. The summed E-state index contributed by atoms with van der Waals surface area (Å²) >= 11 is 7.25. The largest absolute Gasteiger partial charge is 0.506 e. The number of benzene rings is 2. The number of phenols is 1. The molecule has 5 nitrogen and oxygen atoms in total. The number of aliphatic imine (C=N–C) groups is 1. The molecule has 0 spiro atoms. The molecule has 1 saturated heterocycles. The van der Waals surface area contributed by atoms with Crippen LogP contribution in [0, 0.1) is 0 Å². The highest BCUT2D eigenvalue weighted by Gasteiger charge is 2.32.